The van der Waals surface area contributed by atoms with Crippen LogP contribution in [0.2, 0.25) is 0 Å². The van der Waals surface area contributed by atoms with E-state index in [2.05, 4.69) is 11.7 Å². The number of nitrogens with zero attached hydrogens (tertiary/aromatic N) is 1. The summed E-state index contributed by atoms with van der Waals surface area (Å²) in [5, 5.41) is 14.2. The Morgan fingerprint density at radius 3 is 2.27 bits per heavy atom. The van der Waals surface area contributed by atoms with Gasteiger partial charge in [0.15, 0.2) is 5.76 Å². The summed E-state index contributed by atoms with van der Waals surface area (Å²) >= 11 is 0. The van der Waals surface area contributed by atoms with Crippen LogP contribution >= 0.6 is 0 Å². The standard InChI is InChI=1S/C25H25NO4/c1-4-21(27)22-16(3)26-30-23(22)19-8-6-17(7-9-19)18-10-12-20(13-11-18)25(14-15-25)24(28)29-5-2/h4,6-13,21,27H,1,5,14-15H2,2-3H3. The minimum Gasteiger partial charge on any atom is -0.465 e. The third kappa shape index (κ3) is 3.46. The van der Waals surface area contributed by atoms with Gasteiger partial charge in [0.1, 0.15) is 6.10 Å². The molecule has 0 aliphatic heterocycles. The van der Waals surface area contributed by atoms with Crippen molar-refractivity contribution in [3.05, 3.63) is 78.0 Å². The molecule has 3 aromatic rings. The van der Waals surface area contributed by atoms with Crippen LogP contribution in [0.5, 0.6) is 0 Å². The van der Waals surface area contributed by atoms with Gasteiger partial charge in [0, 0.05) is 5.56 Å². The summed E-state index contributed by atoms with van der Waals surface area (Å²) in [6.07, 6.45) is 2.32. The molecule has 0 bridgehead atoms. The molecule has 5 nitrogen and oxygen atoms in total. The van der Waals surface area contributed by atoms with E-state index in [0.717, 1.165) is 35.1 Å². The predicted octanol–water partition coefficient (Wildman–Crippen LogP) is 5.13. The zero-order chi connectivity index (χ0) is 21.3. The highest BCUT2D eigenvalue weighted by atomic mass is 16.5. The lowest BCUT2D eigenvalue weighted by Crippen LogP contribution is -2.23. The normalized spacial score (nSPS) is 15.4. The largest absolute Gasteiger partial charge is 0.465 e. The van der Waals surface area contributed by atoms with Crippen molar-refractivity contribution in [1.82, 2.24) is 5.16 Å². The fourth-order valence-corrected chi connectivity index (χ4v) is 3.85. The average molecular weight is 403 g/mol. The van der Waals surface area contributed by atoms with Crippen LogP contribution in [0, 0.1) is 6.92 Å². The van der Waals surface area contributed by atoms with Crippen molar-refractivity contribution in [1.29, 1.82) is 0 Å². The second-order valence-electron chi connectivity index (χ2n) is 7.65. The van der Waals surface area contributed by atoms with Crippen LogP contribution in [0.4, 0.5) is 0 Å². The molecule has 1 unspecified atom stereocenters. The maximum absolute atomic E-state index is 12.3. The van der Waals surface area contributed by atoms with Gasteiger partial charge in [0.05, 0.1) is 23.3 Å². The van der Waals surface area contributed by atoms with E-state index in [0.29, 0.717) is 23.6 Å². The molecule has 1 atom stereocenters. The van der Waals surface area contributed by atoms with Crippen LogP contribution in [0.3, 0.4) is 0 Å². The average Bonchev–Trinajstić information content (AvgIpc) is 3.50. The zero-order valence-corrected chi connectivity index (χ0v) is 17.2. The molecule has 4 rings (SSSR count). The van der Waals surface area contributed by atoms with Crippen molar-refractivity contribution >= 4 is 5.97 Å². The SMILES string of the molecule is C=CC(O)c1c(C)noc1-c1ccc(-c2ccc(C3(C(=O)OCC)CC3)cc2)cc1. The first-order valence-electron chi connectivity index (χ1n) is 10.2. The Kier molecular flexibility index (Phi) is 5.31. The van der Waals surface area contributed by atoms with E-state index in [1.54, 1.807) is 6.92 Å². The lowest BCUT2D eigenvalue weighted by Gasteiger charge is -2.14. The topological polar surface area (TPSA) is 72.6 Å². The van der Waals surface area contributed by atoms with Crippen LogP contribution in [0.25, 0.3) is 22.5 Å². The Hall–Kier alpha value is -3.18. The van der Waals surface area contributed by atoms with Crippen LogP contribution in [-0.2, 0) is 14.9 Å². The lowest BCUT2D eigenvalue weighted by atomic mass is 9.93. The molecule has 5 heteroatoms. The first kappa shape index (κ1) is 20.1. The quantitative estimate of drug-likeness (QED) is 0.437. The highest BCUT2D eigenvalue weighted by molar-refractivity contribution is 5.87. The maximum Gasteiger partial charge on any atom is 0.316 e. The minimum atomic E-state index is -0.826. The van der Waals surface area contributed by atoms with Gasteiger partial charge < -0.3 is 14.4 Å². The lowest BCUT2D eigenvalue weighted by molar-refractivity contribution is -0.146. The monoisotopic (exact) mass is 403 g/mol. The second kappa shape index (κ2) is 7.92. The molecular formula is C25H25NO4. The van der Waals surface area contributed by atoms with Crippen LogP contribution < -0.4 is 0 Å². The number of carbonyl (C=O) groups excluding carboxylic acids is 1. The Balaban J connectivity index is 1.57. The minimum absolute atomic E-state index is 0.123. The third-order valence-corrected chi connectivity index (χ3v) is 5.76. The number of aliphatic hydroxyl groups is 1. The molecule has 1 N–H and O–H groups in total. The van der Waals surface area contributed by atoms with Crippen molar-refractivity contribution in [2.75, 3.05) is 6.61 Å². The van der Waals surface area contributed by atoms with Crippen LogP contribution in [0.15, 0.2) is 65.7 Å². The molecule has 154 valence electrons. The van der Waals surface area contributed by atoms with E-state index in [1.807, 2.05) is 55.5 Å². The van der Waals surface area contributed by atoms with E-state index in [4.69, 9.17) is 9.26 Å². The van der Waals surface area contributed by atoms with Gasteiger partial charge in [-0.15, -0.1) is 6.58 Å². The van der Waals surface area contributed by atoms with E-state index >= 15 is 0 Å². The number of carbonyl (C=O) groups is 1. The summed E-state index contributed by atoms with van der Waals surface area (Å²) in [6, 6.07) is 16.0. The number of esters is 1. The van der Waals surface area contributed by atoms with Gasteiger partial charge in [-0.3, -0.25) is 4.79 Å². The van der Waals surface area contributed by atoms with Gasteiger partial charge >= 0.3 is 5.97 Å². The van der Waals surface area contributed by atoms with E-state index in [-0.39, 0.29) is 5.97 Å². The molecule has 1 heterocycles. The summed E-state index contributed by atoms with van der Waals surface area (Å²) in [5.74, 6) is 0.425. The number of aromatic nitrogens is 1. The van der Waals surface area contributed by atoms with Gasteiger partial charge in [0.25, 0.3) is 0 Å². The summed E-state index contributed by atoms with van der Waals surface area (Å²) < 4.78 is 10.7. The molecule has 2 aromatic carbocycles. The Morgan fingerprint density at radius 2 is 1.73 bits per heavy atom. The first-order valence-corrected chi connectivity index (χ1v) is 10.2. The smallest absolute Gasteiger partial charge is 0.316 e. The number of benzene rings is 2. The molecule has 0 amide bonds. The Labute approximate surface area is 176 Å². The van der Waals surface area contributed by atoms with E-state index in [1.165, 1.54) is 6.08 Å². The zero-order valence-electron chi connectivity index (χ0n) is 17.2. The number of aryl methyl sites for hydroxylation is 1. The summed E-state index contributed by atoms with van der Waals surface area (Å²) in [7, 11) is 0. The first-order chi connectivity index (χ1) is 14.5. The predicted molar refractivity (Wildman–Crippen MR) is 115 cm³/mol. The van der Waals surface area contributed by atoms with Crippen molar-refractivity contribution < 1.29 is 19.2 Å². The molecule has 0 spiro atoms. The maximum atomic E-state index is 12.3. The van der Waals surface area contributed by atoms with E-state index < -0.39 is 11.5 Å². The fraction of sp³-hybridized carbons (Fsp3) is 0.280. The summed E-state index contributed by atoms with van der Waals surface area (Å²) in [4.78, 5) is 12.3. The van der Waals surface area contributed by atoms with Gasteiger partial charge in [0.2, 0.25) is 0 Å². The highest BCUT2D eigenvalue weighted by Crippen LogP contribution is 2.49. The number of hydrogen-bond donors (Lipinski definition) is 1. The van der Waals surface area contributed by atoms with Gasteiger partial charge in [-0.05, 0) is 43.4 Å². The van der Waals surface area contributed by atoms with Crippen molar-refractivity contribution in [3.63, 3.8) is 0 Å². The molecule has 0 radical (unpaired) electrons. The Morgan fingerprint density at radius 1 is 1.17 bits per heavy atom. The number of aliphatic hydroxyl groups excluding tert-OH is 1. The van der Waals surface area contributed by atoms with Gasteiger partial charge in [-0.25, -0.2) is 0 Å². The molecule has 1 aliphatic carbocycles. The van der Waals surface area contributed by atoms with Crippen molar-refractivity contribution in [2.45, 2.75) is 38.2 Å². The molecular weight excluding hydrogens is 378 g/mol. The third-order valence-electron chi connectivity index (χ3n) is 5.76. The fourth-order valence-electron chi connectivity index (χ4n) is 3.85. The summed E-state index contributed by atoms with van der Waals surface area (Å²) in [6.45, 7) is 7.69. The number of ether oxygens (including phenoxy) is 1. The molecule has 0 saturated heterocycles. The van der Waals surface area contributed by atoms with Gasteiger partial charge in [-0.1, -0.05) is 59.8 Å². The van der Waals surface area contributed by atoms with Crippen molar-refractivity contribution in [3.8, 4) is 22.5 Å². The van der Waals surface area contributed by atoms with Gasteiger partial charge in [-0.2, -0.15) is 0 Å². The Bertz CT molecular complexity index is 1060. The number of rotatable bonds is 7. The van der Waals surface area contributed by atoms with Crippen LogP contribution in [-0.4, -0.2) is 22.8 Å². The molecule has 1 fully saturated rings. The number of hydrogen-bond acceptors (Lipinski definition) is 5. The molecule has 1 saturated carbocycles. The van der Waals surface area contributed by atoms with Crippen molar-refractivity contribution in [2.24, 2.45) is 0 Å². The molecule has 1 aliphatic rings. The highest BCUT2D eigenvalue weighted by Gasteiger charge is 2.52. The molecule has 30 heavy (non-hydrogen) atoms. The second-order valence-corrected chi connectivity index (χ2v) is 7.65. The van der Waals surface area contributed by atoms with Crippen LogP contribution in [0.1, 0.15) is 42.7 Å². The van der Waals surface area contributed by atoms with E-state index in [9.17, 15) is 9.90 Å². The molecule has 1 aromatic heterocycles. The summed E-state index contributed by atoms with van der Waals surface area (Å²) in [5.41, 5.74) is 4.79.